The summed E-state index contributed by atoms with van der Waals surface area (Å²) in [4.78, 5) is 0. The molecule has 0 aromatic heterocycles. The lowest BCUT2D eigenvalue weighted by atomic mass is 9.88. The molecule has 0 amide bonds. The van der Waals surface area contributed by atoms with Gasteiger partial charge in [0.25, 0.3) is 0 Å². The molecule has 0 fully saturated rings. The first-order chi connectivity index (χ1) is 16.2. The Balaban J connectivity index is 4.03. The number of hydrogen-bond donors (Lipinski definition) is 3. The molecular weight excluding hydrogens is 457 g/mol. The fourth-order valence-electron chi connectivity index (χ4n) is 5.04. The molecule has 0 heterocycles. The Hall–Kier alpha value is 1.05. The molecule has 1 atom stereocenters. The van der Waals surface area contributed by atoms with E-state index in [-0.39, 0.29) is 0 Å². The van der Waals surface area contributed by atoms with Crippen molar-refractivity contribution in [2.45, 2.75) is 179 Å². The highest BCUT2D eigenvalue weighted by atomic mass is 32.1. The number of unbranched alkanes of at least 4 members (excludes halogenated alkanes) is 20. The Bertz CT molecular complexity index is 336. The van der Waals surface area contributed by atoms with E-state index in [1.165, 1.54) is 167 Å². The largest absolute Gasteiger partial charge is 0.179 e. The second-order valence-electron chi connectivity index (χ2n) is 10.7. The molecule has 0 N–H and O–H groups in total. The topological polar surface area (TPSA) is 0 Å². The van der Waals surface area contributed by atoms with Gasteiger partial charge in [-0.05, 0) is 43.6 Å². The summed E-state index contributed by atoms with van der Waals surface area (Å²) in [5.41, 5.74) is 0. The third kappa shape index (κ3) is 25.9. The van der Waals surface area contributed by atoms with Crippen molar-refractivity contribution in [2.24, 2.45) is 0 Å². The molecule has 0 spiro atoms. The first-order valence-corrected chi connectivity index (χ1v) is 16.8. The lowest BCUT2D eigenvalue weighted by molar-refractivity contribution is 0.405. The lowest BCUT2D eigenvalue weighted by Crippen LogP contribution is -2.21. The predicted octanol–water partition coefficient (Wildman–Crippen LogP) is 11.7. The van der Waals surface area contributed by atoms with Crippen LogP contribution in [-0.4, -0.2) is 16.3 Å². The van der Waals surface area contributed by atoms with E-state index in [9.17, 15) is 0 Å². The van der Waals surface area contributed by atoms with E-state index in [2.05, 4.69) is 32.2 Å². The number of thiol groups is 3. The zero-order chi connectivity index (χ0) is 24.3. The summed E-state index contributed by atoms with van der Waals surface area (Å²) in [7, 11) is 0. The second-order valence-corrected chi connectivity index (χ2v) is 12.5. The van der Waals surface area contributed by atoms with Crippen molar-refractivity contribution in [3.05, 3.63) is 0 Å². The van der Waals surface area contributed by atoms with Gasteiger partial charge in [0.05, 0.1) is 0 Å². The molecule has 0 aliphatic heterocycles. The maximum atomic E-state index is 5.32. The molecule has 0 saturated heterocycles. The zero-order valence-electron chi connectivity index (χ0n) is 22.6. The van der Waals surface area contributed by atoms with Crippen LogP contribution in [0, 0.1) is 0 Å². The van der Waals surface area contributed by atoms with Gasteiger partial charge in [-0.15, -0.1) is 0 Å². The minimum atomic E-state index is 0.304. The first kappa shape index (κ1) is 34.0. The van der Waals surface area contributed by atoms with E-state index < -0.39 is 0 Å². The van der Waals surface area contributed by atoms with Crippen LogP contribution in [0.2, 0.25) is 0 Å². The Morgan fingerprint density at radius 3 is 0.879 bits per heavy atom. The van der Waals surface area contributed by atoms with Crippen molar-refractivity contribution in [2.75, 3.05) is 11.5 Å². The van der Waals surface area contributed by atoms with Gasteiger partial charge in [-0.1, -0.05) is 142 Å². The average molecular weight is 519 g/mol. The van der Waals surface area contributed by atoms with Crippen LogP contribution in [0.4, 0.5) is 0 Å². The van der Waals surface area contributed by atoms with Crippen molar-refractivity contribution < 1.29 is 0 Å². The van der Waals surface area contributed by atoms with E-state index >= 15 is 0 Å². The summed E-state index contributed by atoms with van der Waals surface area (Å²) >= 11 is 14.0. The number of hydrogen-bond acceptors (Lipinski definition) is 3. The fourth-order valence-corrected chi connectivity index (χ4v) is 5.96. The van der Waals surface area contributed by atoms with E-state index in [0.29, 0.717) is 4.75 Å². The summed E-state index contributed by atoms with van der Waals surface area (Å²) in [6.07, 6.45) is 36.2. The molecule has 0 radical (unpaired) electrons. The molecule has 200 valence electrons. The minimum absolute atomic E-state index is 0.304. The van der Waals surface area contributed by atoms with Crippen molar-refractivity contribution in [3.8, 4) is 0 Å². The van der Waals surface area contributed by atoms with Gasteiger partial charge >= 0.3 is 0 Å². The molecule has 0 aliphatic rings. The Morgan fingerprint density at radius 1 is 0.364 bits per heavy atom. The van der Waals surface area contributed by atoms with E-state index in [1.807, 2.05) is 0 Å². The molecule has 0 nitrogen and oxygen atoms in total. The maximum absolute atomic E-state index is 5.32. The molecular formula is C30H62S3. The van der Waals surface area contributed by atoms with Crippen LogP contribution in [-0.2, 0) is 0 Å². The zero-order valence-corrected chi connectivity index (χ0v) is 25.3. The molecule has 0 bridgehead atoms. The molecule has 0 aliphatic carbocycles. The fraction of sp³-hybridized carbons (Fsp3) is 1.00. The molecule has 0 saturated carbocycles. The smallest absolute Gasteiger partial charge is 0.0130 e. The summed E-state index contributed by atoms with van der Waals surface area (Å²) in [6.45, 7) is 2.31. The maximum Gasteiger partial charge on any atom is 0.0130 e. The molecule has 0 rings (SSSR count). The van der Waals surface area contributed by atoms with Crippen LogP contribution >= 0.6 is 37.9 Å². The highest BCUT2D eigenvalue weighted by Crippen LogP contribution is 2.35. The second kappa shape index (κ2) is 27.6. The van der Waals surface area contributed by atoms with Crippen molar-refractivity contribution in [1.82, 2.24) is 0 Å². The Labute approximate surface area is 227 Å². The SMILES string of the molecule is CCCCCCCCCCCC(S)(CCCCCCCCS)CCCCCCCCCCS. The van der Waals surface area contributed by atoms with Crippen LogP contribution < -0.4 is 0 Å². The summed E-state index contributed by atoms with van der Waals surface area (Å²) < 4.78 is 0.304. The van der Waals surface area contributed by atoms with Gasteiger partial charge in [-0.2, -0.15) is 37.9 Å². The van der Waals surface area contributed by atoms with Gasteiger partial charge in [-0.25, -0.2) is 0 Å². The highest BCUT2D eigenvalue weighted by Gasteiger charge is 2.23. The third-order valence-electron chi connectivity index (χ3n) is 7.35. The van der Waals surface area contributed by atoms with Gasteiger partial charge in [0, 0.05) is 4.75 Å². The summed E-state index contributed by atoms with van der Waals surface area (Å²) in [5.74, 6) is 2.10. The molecule has 0 aromatic carbocycles. The number of rotatable bonds is 28. The van der Waals surface area contributed by atoms with Crippen LogP contribution in [0.25, 0.3) is 0 Å². The summed E-state index contributed by atoms with van der Waals surface area (Å²) in [6, 6.07) is 0. The standard InChI is InChI=1S/C30H62S3/c1-2-3-4-5-6-7-10-15-20-25-30(33,27-22-17-12-14-19-24-29-32)26-21-16-11-8-9-13-18-23-28-31/h31-33H,2-29H2,1H3. The molecule has 1 unspecified atom stereocenters. The quantitative estimate of drug-likeness (QED) is 0.0665. The first-order valence-electron chi connectivity index (χ1n) is 15.1. The van der Waals surface area contributed by atoms with Gasteiger partial charge in [0.1, 0.15) is 0 Å². The van der Waals surface area contributed by atoms with Crippen molar-refractivity contribution >= 4 is 37.9 Å². The van der Waals surface area contributed by atoms with E-state index in [1.54, 1.807) is 0 Å². The molecule has 0 aromatic rings. The third-order valence-corrected chi connectivity index (χ3v) is 8.65. The minimum Gasteiger partial charge on any atom is -0.179 e. The van der Waals surface area contributed by atoms with Gasteiger partial charge < -0.3 is 0 Å². The van der Waals surface area contributed by atoms with E-state index in [4.69, 9.17) is 12.6 Å². The average Bonchev–Trinajstić information content (AvgIpc) is 2.81. The lowest BCUT2D eigenvalue weighted by Gasteiger charge is -2.29. The van der Waals surface area contributed by atoms with Crippen LogP contribution in [0.3, 0.4) is 0 Å². The Morgan fingerprint density at radius 2 is 0.606 bits per heavy atom. The van der Waals surface area contributed by atoms with Crippen LogP contribution in [0.5, 0.6) is 0 Å². The van der Waals surface area contributed by atoms with Gasteiger partial charge in [0.15, 0.2) is 0 Å². The molecule has 3 heteroatoms. The molecule has 33 heavy (non-hydrogen) atoms. The van der Waals surface area contributed by atoms with Crippen LogP contribution in [0.15, 0.2) is 0 Å². The van der Waals surface area contributed by atoms with Gasteiger partial charge in [-0.3, -0.25) is 0 Å². The normalized spacial score (nSPS) is 13.5. The highest BCUT2D eigenvalue weighted by molar-refractivity contribution is 7.81. The van der Waals surface area contributed by atoms with Crippen molar-refractivity contribution in [3.63, 3.8) is 0 Å². The van der Waals surface area contributed by atoms with Gasteiger partial charge in [0.2, 0.25) is 0 Å². The monoisotopic (exact) mass is 518 g/mol. The van der Waals surface area contributed by atoms with Crippen molar-refractivity contribution in [1.29, 1.82) is 0 Å². The van der Waals surface area contributed by atoms with E-state index in [0.717, 1.165) is 11.5 Å². The van der Waals surface area contributed by atoms with Crippen LogP contribution in [0.1, 0.15) is 174 Å². The Kier molecular flexibility index (Phi) is 28.5. The summed E-state index contributed by atoms with van der Waals surface area (Å²) in [5, 5.41) is 0. The predicted molar refractivity (Wildman–Crippen MR) is 165 cm³/mol.